The molecule has 102 valence electrons. The zero-order chi connectivity index (χ0) is 13.1. The average Bonchev–Trinajstić information content (AvgIpc) is 2.19. The maximum absolute atomic E-state index is 12.0. The first-order chi connectivity index (χ1) is 7.78. The van der Waals surface area contributed by atoms with Gasteiger partial charge in [0.25, 0.3) is 0 Å². The second-order valence-corrected chi connectivity index (χ2v) is 5.73. The fourth-order valence-electron chi connectivity index (χ4n) is 1.74. The minimum Gasteiger partial charge on any atom is -0.399 e. The summed E-state index contributed by atoms with van der Waals surface area (Å²) in [5, 5.41) is 0. The van der Waals surface area contributed by atoms with Gasteiger partial charge in [-0.2, -0.15) is 0 Å². The van der Waals surface area contributed by atoms with Crippen molar-refractivity contribution in [1.29, 1.82) is 0 Å². The van der Waals surface area contributed by atoms with Crippen LogP contribution >= 0.6 is 12.4 Å². The summed E-state index contributed by atoms with van der Waals surface area (Å²) in [6.07, 6.45) is 0.437. The fourth-order valence-corrected chi connectivity index (χ4v) is 1.74. The number of hydrogen-bond donors (Lipinski definition) is 1. The molecule has 0 fully saturated rings. The molecule has 2 N–H and O–H groups in total. The average molecular weight is 271 g/mol. The van der Waals surface area contributed by atoms with E-state index >= 15 is 0 Å². The van der Waals surface area contributed by atoms with Crippen LogP contribution in [0.15, 0.2) is 24.3 Å². The zero-order valence-corrected chi connectivity index (χ0v) is 12.4. The number of carbonyl (C=O) groups is 1. The van der Waals surface area contributed by atoms with Crippen molar-refractivity contribution >= 4 is 24.0 Å². The van der Waals surface area contributed by atoms with Gasteiger partial charge in [0.05, 0.1) is 6.42 Å². The number of nitrogens with zero attached hydrogens (tertiary/aromatic N) is 1. The Morgan fingerprint density at radius 1 is 1.22 bits per heavy atom. The van der Waals surface area contributed by atoms with Crippen molar-refractivity contribution in [3.8, 4) is 0 Å². The Bertz CT molecular complexity index is 382. The molecule has 0 saturated heterocycles. The number of carbonyl (C=O) groups excluding carboxylic acids is 1. The van der Waals surface area contributed by atoms with Crippen molar-refractivity contribution in [2.75, 3.05) is 19.3 Å². The third kappa shape index (κ3) is 5.92. The zero-order valence-electron chi connectivity index (χ0n) is 11.6. The summed E-state index contributed by atoms with van der Waals surface area (Å²) in [4.78, 5) is 13.8. The molecule has 1 aromatic carbocycles. The van der Waals surface area contributed by atoms with Crippen LogP contribution in [0, 0.1) is 5.41 Å². The molecule has 1 amide bonds. The molecule has 0 bridgehead atoms. The predicted octanol–water partition coefficient (Wildman–Crippen LogP) is 2.74. The summed E-state index contributed by atoms with van der Waals surface area (Å²) >= 11 is 0. The monoisotopic (exact) mass is 270 g/mol. The van der Waals surface area contributed by atoms with Gasteiger partial charge in [-0.1, -0.05) is 32.9 Å². The molecule has 4 heteroatoms. The quantitative estimate of drug-likeness (QED) is 0.859. The molecule has 1 rings (SSSR count). The molecule has 1 aromatic rings. The van der Waals surface area contributed by atoms with E-state index in [2.05, 4.69) is 20.8 Å². The van der Waals surface area contributed by atoms with Crippen molar-refractivity contribution in [3.05, 3.63) is 29.8 Å². The van der Waals surface area contributed by atoms with Gasteiger partial charge in [0.15, 0.2) is 0 Å². The lowest BCUT2D eigenvalue weighted by Crippen LogP contribution is -2.35. The van der Waals surface area contributed by atoms with E-state index in [1.807, 2.05) is 31.3 Å². The number of benzene rings is 1. The van der Waals surface area contributed by atoms with Gasteiger partial charge in [0.1, 0.15) is 0 Å². The summed E-state index contributed by atoms with van der Waals surface area (Å²) < 4.78 is 0. The molecule has 0 aliphatic rings. The fraction of sp³-hybridized carbons (Fsp3) is 0.500. The summed E-state index contributed by atoms with van der Waals surface area (Å²) in [5.41, 5.74) is 7.47. The van der Waals surface area contributed by atoms with Crippen molar-refractivity contribution in [2.45, 2.75) is 27.2 Å². The second kappa shape index (κ2) is 6.64. The first-order valence-corrected chi connectivity index (χ1v) is 5.86. The van der Waals surface area contributed by atoms with E-state index in [-0.39, 0.29) is 23.7 Å². The Balaban J connectivity index is 0.00000289. The van der Waals surface area contributed by atoms with Crippen molar-refractivity contribution in [3.63, 3.8) is 0 Å². The molecule has 0 saturated carbocycles. The largest absolute Gasteiger partial charge is 0.399 e. The molecule has 0 atom stereocenters. The van der Waals surface area contributed by atoms with Crippen LogP contribution in [0.4, 0.5) is 5.69 Å². The van der Waals surface area contributed by atoms with Gasteiger partial charge in [-0.3, -0.25) is 4.79 Å². The maximum Gasteiger partial charge on any atom is 0.226 e. The highest BCUT2D eigenvalue weighted by molar-refractivity contribution is 5.85. The highest BCUT2D eigenvalue weighted by atomic mass is 35.5. The Labute approximate surface area is 116 Å². The molecule has 0 unspecified atom stereocenters. The highest BCUT2D eigenvalue weighted by Gasteiger charge is 2.17. The summed E-state index contributed by atoms with van der Waals surface area (Å²) in [6, 6.07) is 7.45. The van der Waals surface area contributed by atoms with Gasteiger partial charge in [-0.25, -0.2) is 0 Å². The molecule has 0 aliphatic heterocycles. The molecule has 0 aromatic heterocycles. The van der Waals surface area contributed by atoms with Crippen LogP contribution in [0.3, 0.4) is 0 Å². The topological polar surface area (TPSA) is 46.3 Å². The van der Waals surface area contributed by atoms with Crippen molar-refractivity contribution in [1.82, 2.24) is 4.90 Å². The molecule has 0 radical (unpaired) electrons. The van der Waals surface area contributed by atoms with Crippen molar-refractivity contribution < 1.29 is 4.79 Å². The second-order valence-electron chi connectivity index (χ2n) is 5.73. The number of rotatable bonds is 3. The van der Waals surface area contributed by atoms with E-state index in [4.69, 9.17) is 5.73 Å². The molecule has 3 nitrogen and oxygen atoms in total. The molecule has 18 heavy (non-hydrogen) atoms. The van der Waals surface area contributed by atoms with Crippen LogP contribution in [-0.2, 0) is 11.2 Å². The summed E-state index contributed by atoms with van der Waals surface area (Å²) in [6.45, 7) is 7.14. The first kappa shape index (κ1) is 16.8. The Morgan fingerprint density at radius 2 is 1.72 bits per heavy atom. The van der Waals surface area contributed by atoms with Crippen LogP contribution in [0.25, 0.3) is 0 Å². The van der Waals surface area contributed by atoms with Crippen LogP contribution in [0.1, 0.15) is 26.3 Å². The molecular weight excluding hydrogens is 248 g/mol. The highest BCUT2D eigenvalue weighted by Crippen LogP contribution is 2.15. The number of nitrogen functional groups attached to an aromatic ring is 1. The lowest BCUT2D eigenvalue weighted by atomic mass is 9.96. The van der Waals surface area contributed by atoms with Gasteiger partial charge in [0, 0.05) is 19.3 Å². The van der Waals surface area contributed by atoms with E-state index in [1.54, 1.807) is 4.90 Å². The third-order valence-electron chi connectivity index (χ3n) is 2.47. The third-order valence-corrected chi connectivity index (χ3v) is 2.47. The summed E-state index contributed by atoms with van der Waals surface area (Å²) in [7, 11) is 1.85. The van der Waals surface area contributed by atoms with E-state index in [0.717, 1.165) is 17.8 Å². The van der Waals surface area contributed by atoms with Crippen LogP contribution in [-0.4, -0.2) is 24.4 Å². The Kier molecular flexibility index (Phi) is 6.19. The molecule has 0 spiro atoms. The van der Waals surface area contributed by atoms with Crippen LogP contribution < -0.4 is 5.73 Å². The Morgan fingerprint density at radius 3 is 2.17 bits per heavy atom. The van der Waals surface area contributed by atoms with Crippen molar-refractivity contribution in [2.24, 2.45) is 5.41 Å². The van der Waals surface area contributed by atoms with E-state index in [9.17, 15) is 4.79 Å². The van der Waals surface area contributed by atoms with Gasteiger partial charge in [-0.15, -0.1) is 12.4 Å². The van der Waals surface area contributed by atoms with Gasteiger partial charge < -0.3 is 10.6 Å². The van der Waals surface area contributed by atoms with Crippen LogP contribution in [0.5, 0.6) is 0 Å². The normalized spacial score (nSPS) is 10.7. The van der Waals surface area contributed by atoms with Gasteiger partial charge >= 0.3 is 0 Å². The number of nitrogens with two attached hydrogens (primary N) is 1. The smallest absolute Gasteiger partial charge is 0.226 e. The minimum absolute atomic E-state index is 0. The maximum atomic E-state index is 12.0. The Hall–Kier alpha value is -1.22. The van der Waals surface area contributed by atoms with Gasteiger partial charge in [-0.05, 0) is 23.1 Å². The number of likely N-dealkylation sites (N-methyl/N-ethyl adjacent to an activating group) is 1. The summed E-state index contributed by atoms with van der Waals surface area (Å²) in [5.74, 6) is 0.143. The SMILES string of the molecule is CN(CC(C)(C)C)C(=O)Cc1ccc(N)cc1.Cl. The first-order valence-electron chi connectivity index (χ1n) is 5.86. The van der Waals surface area contributed by atoms with Crippen LogP contribution in [0.2, 0.25) is 0 Å². The van der Waals surface area contributed by atoms with Gasteiger partial charge in [0.2, 0.25) is 5.91 Å². The lowest BCUT2D eigenvalue weighted by molar-refractivity contribution is -0.130. The molecule has 0 heterocycles. The number of halogens is 1. The van der Waals surface area contributed by atoms with E-state index in [1.165, 1.54) is 0 Å². The number of hydrogen-bond acceptors (Lipinski definition) is 2. The molecular formula is C14H23ClN2O. The minimum atomic E-state index is 0. The van der Waals surface area contributed by atoms with E-state index < -0.39 is 0 Å². The number of amides is 1. The number of anilines is 1. The predicted molar refractivity (Wildman–Crippen MR) is 78.9 cm³/mol. The van der Waals surface area contributed by atoms with E-state index in [0.29, 0.717) is 6.42 Å². The standard InChI is InChI=1S/C14H22N2O.ClH/c1-14(2,3)10-16(4)13(17)9-11-5-7-12(15)8-6-11;/h5-8H,9-10,15H2,1-4H3;1H. The lowest BCUT2D eigenvalue weighted by Gasteiger charge is -2.26. The molecule has 0 aliphatic carbocycles.